The summed E-state index contributed by atoms with van der Waals surface area (Å²) in [4.78, 5) is 21.8. The minimum absolute atomic E-state index is 0.281. The van der Waals surface area contributed by atoms with Gasteiger partial charge >= 0.3 is 11.9 Å². The van der Waals surface area contributed by atoms with Crippen LogP contribution >= 0.6 is 0 Å². The molecule has 3 nitrogen and oxygen atoms in total. The maximum absolute atomic E-state index is 11.0. The van der Waals surface area contributed by atoms with Crippen molar-refractivity contribution in [2.45, 2.75) is 0 Å². The first-order chi connectivity index (χ1) is 12.1. The van der Waals surface area contributed by atoms with Crippen LogP contribution in [0.15, 0.2) is 85.5 Å². The van der Waals surface area contributed by atoms with Crippen LogP contribution in [0, 0.1) is 0 Å². The van der Waals surface area contributed by atoms with E-state index in [1.54, 1.807) is 12.2 Å². The van der Waals surface area contributed by atoms with E-state index in [0.717, 1.165) is 16.7 Å². The summed E-state index contributed by atoms with van der Waals surface area (Å²) in [7, 11) is 0. The molecule has 0 bridgehead atoms. The molecule has 2 aromatic carbocycles. The zero-order valence-electron chi connectivity index (χ0n) is 13.7. The van der Waals surface area contributed by atoms with E-state index in [1.165, 1.54) is 6.08 Å². The highest BCUT2D eigenvalue weighted by molar-refractivity contribution is 6.11. The number of carbonyl (C=O) groups is 2. The van der Waals surface area contributed by atoms with E-state index in [1.807, 2.05) is 66.7 Å². The molecule has 0 saturated heterocycles. The fraction of sp³-hybridized carbons (Fsp3) is 0. The summed E-state index contributed by atoms with van der Waals surface area (Å²) in [5, 5.41) is 0. The van der Waals surface area contributed by atoms with Crippen LogP contribution in [0.1, 0.15) is 16.7 Å². The van der Waals surface area contributed by atoms with Crippen molar-refractivity contribution in [1.82, 2.24) is 0 Å². The molecule has 1 heterocycles. The van der Waals surface area contributed by atoms with Gasteiger partial charge in [-0.15, -0.1) is 0 Å². The van der Waals surface area contributed by atoms with Crippen LogP contribution in [-0.4, -0.2) is 11.9 Å². The van der Waals surface area contributed by atoms with Crippen molar-refractivity contribution in [3.05, 3.63) is 102 Å². The van der Waals surface area contributed by atoms with Crippen LogP contribution in [0.25, 0.3) is 18.2 Å². The zero-order chi connectivity index (χ0) is 18.1. The molecule has 0 aromatic heterocycles. The highest BCUT2D eigenvalue weighted by Crippen LogP contribution is 2.12. The first-order valence-electron chi connectivity index (χ1n) is 7.69. The number of ether oxygens (including phenoxy) is 1. The monoisotopic (exact) mass is 330 g/mol. The number of rotatable bonds is 4. The topological polar surface area (TPSA) is 43.4 Å². The van der Waals surface area contributed by atoms with Gasteiger partial charge in [0.05, 0.1) is 5.57 Å². The summed E-state index contributed by atoms with van der Waals surface area (Å²) >= 11 is 0. The molecule has 1 aliphatic heterocycles. The van der Waals surface area contributed by atoms with E-state index in [9.17, 15) is 9.59 Å². The van der Waals surface area contributed by atoms with Crippen LogP contribution in [0.5, 0.6) is 0 Å². The Labute approximate surface area is 147 Å². The molecule has 0 saturated carbocycles. The summed E-state index contributed by atoms with van der Waals surface area (Å²) in [6, 6.07) is 17.5. The Morgan fingerprint density at radius 3 is 1.80 bits per heavy atom. The fourth-order valence-corrected chi connectivity index (χ4v) is 2.11. The normalized spacial score (nSPS) is 12.9. The predicted octanol–water partition coefficient (Wildman–Crippen LogP) is 4.68. The molecule has 0 fully saturated rings. The zero-order valence-corrected chi connectivity index (χ0v) is 13.7. The van der Waals surface area contributed by atoms with Gasteiger partial charge < -0.3 is 4.74 Å². The lowest BCUT2D eigenvalue weighted by molar-refractivity contribution is -0.150. The average Bonchev–Trinajstić information content (AvgIpc) is 2.98. The fourth-order valence-electron chi connectivity index (χ4n) is 2.11. The van der Waals surface area contributed by atoms with Crippen molar-refractivity contribution in [3.63, 3.8) is 0 Å². The predicted molar refractivity (Wildman–Crippen MR) is 101 cm³/mol. The van der Waals surface area contributed by atoms with Crippen LogP contribution in [0.3, 0.4) is 0 Å². The number of esters is 2. The van der Waals surface area contributed by atoms with Crippen molar-refractivity contribution in [2.75, 3.05) is 0 Å². The van der Waals surface area contributed by atoms with Crippen molar-refractivity contribution in [2.24, 2.45) is 0 Å². The van der Waals surface area contributed by atoms with E-state index in [2.05, 4.69) is 17.9 Å². The summed E-state index contributed by atoms with van der Waals surface area (Å²) in [5.74, 6) is -1.19. The third kappa shape index (κ3) is 5.29. The minimum Gasteiger partial charge on any atom is -0.386 e. The lowest BCUT2D eigenvalue weighted by Crippen LogP contribution is -2.00. The number of carbonyl (C=O) groups excluding carboxylic acids is 2. The highest BCUT2D eigenvalue weighted by atomic mass is 16.6. The van der Waals surface area contributed by atoms with E-state index in [4.69, 9.17) is 0 Å². The molecule has 0 spiro atoms. The highest BCUT2D eigenvalue weighted by Gasteiger charge is 2.20. The Morgan fingerprint density at radius 2 is 1.32 bits per heavy atom. The van der Waals surface area contributed by atoms with Gasteiger partial charge in [0.25, 0.3) is 0 Å². The molecule has 25 heavy (non-hydrogen) atoms. The molecule has 2 aromatic rings. The molecule has 3 heteroatoms. The molecule has 0 amide bonds. The Kier molecular flexibility index (Phi) is 6.43. The second-order valence-corrected chi connectivity index (χ2v) is 5.09. The maximum Gasteiger partial charge on any atom is 0.346 e. The van der Waals surface area contributed by atoms with E-state index < -0.39 is 11.9 Å². The van der Waals surface area contributed by atoms with Crippen molar-refractivity contribution in [3.8, 4) is 0 Å². The lowest BCUT2D eigenvalue weighted by atomic mass is 10.1. The van der Waals surface area contributed by atoms with Gasteiger partial charge in [-0.3, -0.25) is 0 Å². The molecule has 0 N–H and O–H groups in total. The summed E-state index contributed by atoms with van der Waals surface area (Å²) in [5.41, 5.74) is 3.52. The van der Waals surface area contributed by atoms with Gasteiger partial charge in [0.2, 0.25) is 0 Å². The molecule has 0 unspecified atom stereocenters. The van der Waals surface area contributed by atoms with Gasteiger partial charge in [0, 0.05) is 6.08 Å². The lowest BCUT2D eigenvalue weighted by Gasteiger charge is -1.96. The van der Waals surface area contributed by atoms with Gasteiger partial charge in [-0.25, -0.2) is 9.59 Å². The minimum atomic E-state index is -0.604. The van der Waals surface area contributed by atoms with Gasteiger partial charge in [-0.1, -0.05) is 86.0 Å². The molecule has 3 rings (SSSR count). The second kappa shape index (κ2) is 8.99. The third-order valence-electron chi connectivity index (χ3n) is 3.39. The van der Waals surface area contributed by atoms with Crippen molar-refractivity contribution >= 4 is 30.2 Å². The van der Waals surface area contributed by atoms with Crippen LogP contribution in [-0.2, 0) is 14.3 Å². The van der Waals surface area contributed by atoms with Crippen LogP contribution < -0.4 is 0 Å². The Bertz CT molecular complexity index is 816. The molecule has 1 aliphatic rings. The SMILES string of the molecule is C=Cc1ccccc1C=C.O=C1C=C(C=Cc2ccccc2)C(=O)O1. The first kappa shape index (κ1) is 17.9. The van der Waals surface area contributed by atoms with Gasteiger partial charge in [-0.05, 0) is 22.8 Å². The first-order valence-corrected chi connectivity index (χ1v) is 7.69. The van der Waals surface area contributed by atoms with E-state index in [-0.39, 0.29) is 5.57 Å². The Hall–Kier alpha value is -3.46. The maximum atomic E-state index is 11.0. The molecule has 124 valence electrons. The van der Waals surface area contributed by atoms with E-state index in [0.29, 0.717) is 0 Å². The molecule has 0 atom stereocenters. The van der Waals surface area contributed by atoms with E-state index >= 15 is 0 Å². The second-order valence-electron chi connectivity index (χ2n) is 5.09. The van der Waals surface area contributed by atoms with Gasteiger partial charge in [0.15, 0.2) is 0 Å². The van der Waals surface area contributed by atoms with Gasteiger partial charge in [0.1, 0.15) is 0 Å². The molecule has 0 aliphatic carbocycles. The standard InChI is InChI=1S/C12H8O3.C10H10/c13-11-8-10(12(14)15-11)7-6-9-4-2-1-3-5-9;1-3-9-7-5-6-8-10(9)4-2/h1-8H;3-8H,1-2H2. The van der Waals surface area contributed by atoms with Crippen molar-refractivity contribution in [1.29, 1.82) is 0 Å². The number of benzene rings is 2. The smallest absolute Gasteiger partial charge is 0.346 e. The summed E-state index contributed by atoms with van der Waals surface area (Å²) < 4.78 is 4.34. The van der Waals surface area contributed by atoms with Crippen molar-refractivity contribution < 1.29 is 14.3 Å². The number of hydrogen-bond donors (Lipinski definition) is 0. The average molecular weight is 330 g/mol. The van der Waals surface area contributed by atoms with Crippen LogP contribution in [0.4, 0.5) is 0 Å². The molecular weight excluding hydrogens is 312 g/mol. The molecule has 0 radical (unpaired) electrons. The quantitative estimate of drug-likeness (QED) is 0.604. The largest absolute Gasteiger partial charge is 0.386 e. The summed E-state index contributed by atoms with van der Waals surface area (Å²) in [6.45, 7) is 7.38. The molecular formula is C22H18O3. The van der Waals surface area contributed by atoms with Gasteiger partial charge in [-0.2, -0.15) is 0 Å². The number of cyclic esters (lactones) is 2. The Morgan fingerprint density at radius 1 is 0.760 bits per heavy atom. The van der Waals surface area contributed by atoms with Crippen LogP contribution in [0.2, 0.25) is 0 Å². The third-order valence-corrected chi connectivity index (χ3v) is 3.39. The Balaban J connectivity index is 0.000000196. The summed E-state index contributed by atoms with van der Waals surface area (Å²) in [6.07, 6.45) is 8.17. The number of hydrogen-bond acceptors (Lipinski definition) is 3.